The van der Waals surface area contributed by atoms with E-state index in [1.807, 2.05) is 24.3 Å². The smallest absolute Gasteiger partial charge is 0.123 e. The van der Waals surface area contributed by atoms with E-state index in [1.165, 1.54) is 11.1 Å². The number of hydrogen-bond acceptors (Lipinski definition) is 2. The van der Waals surface area contributed by atoms with Gasteiger partial charge in [-0.05, 0) is 28.8 Å². The van der Waals surface area contributed by atoms with Crippen molar-refractivity contribution in [1.29, 1.82) is 0 Å². The van der Waals surface area contributed by atoms with Crippen LogP contribution in [0, 0.1) is 5.82 Å². The zero-order chi connectivity index (χ0) is 19.9. The molecule has 1 aliphatic heterocycles. The summed E-state index contributed by atoms with van der Waals surface area (Å²) in [5, 5.41) is 0. The Morgan fingerprint density at radius 3 is 1.97 bits per heavy atom. The molecule has 0 radical (unpaired) electrons. The second-order valence-electron chi connectivity index (χ2n) is 7.51. The van der Waals surface area contributed by atoms with Crippen LogP contribution in [-0.4, -0.2) is 42.5 Å². The van der Waals surface area contributed by atoms with Crippen molar-refractivity contribution in [2.45, 2.75) is 6.04 Å². The fraction of sp³-hybridized carbons (Fsp3) is 0.231. The molecular weight excluding hydrogens is 359 g/mol. The van der Waals surface area contributed by atoms with E-state index in [-0.39, 0.29) is 11.9 Å². The van der Waals surface area contributed by atoms with Gasteiger partial charge in [0, 0.05) is 32.7 Å². The molecule has 2 nitrogen and oxygen atoms in total. The molecule has 0 saturated carbocycles. The Hall–Kier alpha value is -2.75. The van der Waals surface area contributed by atoms with Crippen molar-refractivity contribution >= 4 is 6.08 Å². The Labute approximate surface area is 172 Å². The van der Waals surface area contributed by atoms with Gasteiger partial charge < -0.3 is 0 Å². The first kappa shape index (κ1) is 19.6. The maximum atomic E-state index is 13.5. The number of nitrogens with zero attached hydrogens (tertiary/aromatic N) is 2. The molecule has 3 aromatic rings. The highest BCUT2D eigenvalue weighted by molar-refractivity contribution is 5.48. The van der Waals surface area contributed by atoms with Gasteiger partial charge in [0.1, 0.15) is 5.82 Å². The Bertz CT molecular complexity index is 898. The fourth-order valence-corrected chi connectivity index (χ4v) is 4.00. The number of benzene rings is 3. The van der Waals surface area contributed by atoms with Gasteiger partial charge >= 0.3 is 0 Å². The van der Waals surface area contributed by atoms with Crippen molar-refractivity contribution in [2.75, 3.05) is 32.7 Å². The predicted octanol–water partition coefficient (Wildman–Crippen LogP) is 5.25. The topological polar surface area (TPSA) is 6.48 Å². The molecule has 1 heterocycles. The van der Waals surface area contributed by atoms with E-state index < -0.39 is 0 Å². The second kappa shape index (κ2) is 9.64. The summed E-state index contributed by atoms with van der Waals surface area (Å²) in [7, 11) is 0. The lowest BCUT2D eigenvalue weighted by molar-refractivity contribution is 0.118. The summed E-state index contributed by atoms with van der Waals surface area (Å²) in [5.41, 5.74) is 3.65. The summed E-state index contributed by atoms with van der Waals surface area (Å²) in [6.07, 6.45) is 4.44. The number of halogens is 1. The average Bonchev–Trinajstić information content (AvgIpc) is 2.78. The molecule has 0 unspecified atom stereocenters. The first-order valence-electron chi connectivity index (χ1n) is 10.3. The molecule has 4 rings (SSSR count). The van der Waals surface area contributed by atoms with E-state index in [1.54, 1.807) is 12.1 Å². The summed E-state index contributed by atoms with van der Waals surface area (Å²) in [6.45, 7) is 5.02. The van der Waals surface area contributed by atoms with Gasteiger partial charge in [-0.3, -0.25) is 9.80 Å². The minimum Gasteiger partial charge on any atom is -0.297 e. The van der Waals surface area contributed by atoms with Crippen LogP contribution in [0.25, 0.3) is 6.08 Å². The highest BCUT2D eigenvalue weighted by Crippen LogP contribution is 2.29. The Morgan fingerprint density at radius 2 is 1.31 bits per heavy atom. The maximum Gasteiger partial charge on any atom is 0.123 e. The van der Waals surface area contributed by atoms with Crippen LogP contribution in [0.3, 0.4) is 0 Å². The Kier molecular flexibility index (Phi) is 6.50. The first-order valence-corrected chi connectivity index (χ1v) is 10.3. The lowest BCUT2D eigenvalue weighted by Gasteiger charge is -2.39. The second-order valence-corrected chi connectivity index (χ2v) is 7.51. The third-order valence-corrected chi connectivity index (χ3v) is 5.55. The molecule has 3 heteroatoms. The summed E-state index contributed by atoms with van der Waals surface area (Å²) in [6, 6.07) is 28.1. The molecule has 1 fully saturated rings. The third-order valence-electron chi connectivity index (χ3n) is 5.55. The van der Waals surface area contributed by atoms with Crippen molar-refractivity contribution in [2.24, 2.45) is 0 Å². The van der Waals surface area contributed by atoms with Crippen LogP contribution in [0.2, 0.25) is 0 Å². The highest BCUT2D eigenvalue weighted by atomic mass is 19.1. The molecule has 0 aromatic heterocycles. The van der Waals surface area contributed by atoms with E-state index in [4.69, 9.17) is 0 Å². The van der Waals surface area contributed by atoms with Crippen molar-refractivity contribution in [3.8, 4) is 0 Å². The number of rotatable bonds is 6. The highest BCUT2D eigenvalue weighted by Gasteiger charge is 2.26. The molecule has 0 N–H and O–H groups in total. The molecule has 0 bridgehead atoms. The summed E-state index contributed by atoms with van der Waals surface area (Å²) in [4.78, 5) is 5.00. The van der Waals surface area contributed by atoms with Gasteiger partial charge in [-0.1, -0.05) is 84.9 Å². The van der Waals surface area contributed by atoms with Gasteiger partial charge in [-0.25, -0.2) is 4.39 Å². The molecular formula is C26H27FN2. The standard InChI is InChI=1S/C26H27FN2/c27-25-15-13-24(14-16-25)26(23-11-5-2-6-12-23)29-20-18-28(19-21-29)17-7-10-22-8-3-1-4-9-22/h1-16,26H,17-21H2/b10-7+/t26-/m0/s1. The molecule has 29 heavy (non-hydrogen) atoms. The minimum atomic E-state index is -0.185. The SMILES string of the molecule is Fc1ccc([C@H](c2ccccc2)N2CCN(C/C=C/c3ccccc3)CC2)cc1. The largest absolute Gasteiger partial charge is 0.297 e. The predicted molar refractivity (Wildman–Crippen MR) is 118 cm³/mol. The van der Waals surface area contributed by atoms with Gasteiger partial charge in [-0.15, -0.1) is 0 Å². The van der Waals surface area contributed by atoms with E-state index >= 15 is 0 Å². The maximum absolute atomic E-state index is 13.5. The Balaban J connectivity index is 1.41. The van der Waals surface area contributed by atoms with Gasteiger partial charge in [0.2, 0.25) is 0 Å². The van der Waals surface area contributed by atoms with Crippen LogP contribution in [0.5, 0.6) is 0 Å². The van der Waals surface area contributed by atoms with Crippen molar-refractivity contribution < 1.29 is 4.39 Å². The zero-order valence-electron chi connectivity index (χ0n) is 16.6. The normalized spacial score (nSPS) is 16.9. The van der Waals surface area contributed by atoms with Gasteiger partial charge in [0.15, 0.2) is 0 Å². The number of hydrogen-bond donors (Lipinski definition) is 0. The molecule has 1 saturated heterocycles. The van der Waals surface area contributed by atoms with Gasteiger partial charge in [0.05, 0.1) is 6.04 Å². The fourth-order valence-electron chi connectivity index (χ4n) is 4.00. The van der Waals surface area contributed by atoms with Crippen molar-refractivity contribution in [3.63, 3.8) is 0 Å². The lowest BCUT2D eigenvalue weighted by atomic mass is 9.96. The molecule has 3 aromatic carbocycles. The van der Waals surface area contributed by atoms with Crippen LogP contribution in [0.1, 0.15) is 22.7 Å². The minimum absolute atomic E-state index is 0.166. The van der Waals surface area contributed by atoms with E-state index in [9.17, 15) is 4.39 Å². The molecule has 1 aliphatic rings. The quantitative estimate of drug-likeness (QED) is 0.571. The van der Waals surface area contributed by atoms with Crippen molar-refractivity contribution in [1.82, 2.24) is 9.80 Å². The van der Waals surface area contributed by atoms with Crippen LogP contribution < -0.4 is 0 Å². The molecule has 148 valence electrons. The zero-order valence-corrected chi connectivity index (χ0v) is 16.6. The monoisotopic (exact) mass is 386 g/mol. The molecule has 0 amide bonds. The van der Waals surface area contributed by atoms with Gasteiger partial charge in [0.25, 0.3) is 0 Å². The van der Waals surface area contributed by atoms with Crippen LogP contribution in [-0.2, 0) is 0 Å². The molecule has 0 aliphatic carbocycles. The van der Waals surface area contributed by atoms with E-state index in [0.29, 0.717) is 0 Å². The van der Waals surface area contributed by atoms with Crippen LogP contribution in [0.15, 0.2) is 91.0 Å². The molecule has 0 spiro atoms. The molecule has 1 atom stereocenters. The van der Waals surface area contributed by atoms with E-state index in [2.05, 4.69) is 70.5 Å². The average molecular weight is 387 g/mol. The summed E-state index contributed by atoms with van der Waals surface area (Å²) >= 11 is 0. The van der Waals surface area contributed by atoms with Crippen LogP contribution >= 0.6 is 0 Å². The van der Waals surface area contributed by atoms with E-state index in [0.717, 1.165) is 38.3 Å². The van der Waals surface area contributed by atoms with Crippen molar-refractivity contribution in [3.05, 3.63) is 114 Å². The lowest BCUT2D eigenvalue weighted by Crippen LogP contribution is -2.47. The van der Waals surface area contributed by atoms with Gasteiger partial charge in [-0.2, -0.15) is 0 Å². The Morgan fingerprint density at radius 1 is 0.724 bits per heavy atom. The summed E-state index contributed by atoms with van der Waals surface area (Å²) in [5.74, 6) is -0.185. The van der Waals surface area contributed by atoms with Crippen LogP contribution in [0.4, 0.5) is 4.39 Å². The third kappa shape index (κ3) is 5.20. The summed E-state index contributed by atoms with van der Waals surface area (Å²) < 4.78 is 13.5. The number of piperazine rings is 1. The first-order chi connectivity index (χ1) is 14.3.